The number of nitrogens with two attached hydrogens (primary N) is 1. The Morgan fingerprint density at radius 3 is 2.38 bits per heavy atom. The maximum atomic E-state index is 12.7. The van der Waals surface area contributed by atoms with Crippen molar-refractivity contribution in [3.8, 4) is 0 Å². The molecule has 0 aliphatic carbocycles. The molecule has 21 heavy (non-hydrogen) atoms. The molecule has 0 unspecified atom stereocenters. The molecule has 0 spiro atoms. The molecule has 0 atom stereocenters. The van der Waals surface area contributed by atoms with Crippen LogP contribution in [-0.4, -0.2) is 32.4 Å². The fourth-order valence-corrected chi connectivity index (χ4v) is 4.37. The Morgan fingerprint density at radius 2 is 1.71 bits per heavy atom. The molecule has 1 aliphatic heterocycles. The van der Waals surface area contributed by atoms with Gasteiger partial charge in [0.05, 0.1) is 4.90 Å². The summed E-state index contributed by atoms with van der Waals surface area (Å²) in [7, 11) is -3.39. The molecule has 0 amide bonds. The van der Waals surface area contributed by atoms with Crippen LogP contribution in [0.2, 0.25) is 0 Å². The second-order valence-corrected chi connectivity index (χ2v) is 7.53. The number of piperidine rings is 1. The van der Waals surface area contributed by atoms with E-state index in [2.05, 4.69) is 0 Å². The number of rotatable bonds is 3. The summed E-state index contributed by atoms with van der Waals surface area (Å²) in [5, 5.41) is 2.01. The topological polar surface area (TPSA) is 63.4 Å². The second kappa shape index (κ2) is 5.75. The van der Waals surface area contributed by atoms with Gasteiger partial charge in [-0.3, -0.25) is 0 Å². The summed E-state index contributed by atoms with van der Waals surface area (Å²) in [6, 6.07) is 13.1. The van der Waals surface area contributed by atoms with Crippen molar-refractivity contribution in [1.82, 2.24) is 4.31 Å². The van der Waals surface area contributed by atoms with Gasteiger partial charge in [0, 0.05) is 13.1 Å². The van der Waals surface area contributed by atoms with Gasteiger partial charge in [0.1, 0.15) is 0 Å². The summed E-state index contributed by atoms with van der Waals surface area (Å²) in [5.74, 6) is 0.452. The SMILES string of the molecule is NCC1CCN(S(=O)(=O)c2ccc3ccccc3c2)CC1. The predicted octanol–water partition coefficient (Wildman–Crippen LogP) is 2.20. The molecular formula is C16H20N2O2S. The van der Waals surface area contributed by atoms with E-state index in [0.717, 1.165) is 23.6 Å². The second-order valence-electron chi connectivity index (χ2n) is 5.59. The van der Waals surface area contributed by atoms with Gasteiger partial charge < -0.3 is 5.73 Å². The number of hydrogen-bond donors (Lipinski definition) is 1. The van der Waals surface area contributed by atoms with E-state index < -0.39 is 10.0 Å². The van der Waals surface area contributed by atoms with Gasteiger partial charge in [0.2, 0.25) is 10.0 Å². The number of hydrogen-bond acceptors (Lipinski definition) is 3. The van der Waals surface area contributed by atoms with E-state index in [-0.39, 0.29) is 0 Å². The van der Waals surface area contributed by atoms with Gasteiger partial charge in [-0.05, 0) is 48.2 Å². The van der Waals surface area contributed by atoms with Crippen molar-refractivity contribution < 1.29 is 8.42 Å². The molecule has 3 rings (SSSR count). The van der Waals surface area contributed by atoms with E-state index in [9.17, 15) is 8.42 Å². The number of sulfonamides is 1. The minimum atomic E-state index is -3.39. The average molecular weight is 304 g/mol. The quantitative estimate of drug-likeness (QED) is 0.945. The number of fused-ring (bicyclic) bond motifs is 1. The van der Waals surface area contributed by atoms with Crippen LogP contribution in [0.15, 0.2) is 47.4 Å². The molecule has 0 radical (unpaired) electrons. The van der Waals surface area contributed by atoms with E-state index in [1.807, 2.05) is 30.3 Å². The van der Waals surface area contributed by atoms with E-state index in [1.54, 1.807) is 16.4 Å². The van der Waals surface area contributed by atoms with Gasteiger partial charge in [-0.2, -0.15) is 4.31 Å². The third-order valence-electron chi connectivity index (χ3n) is 4.27. The highest BCUT2D eigenvalue weighted by atomic mass is 32.2. The Bertz CT molecular complexity index is 735. The molecule has 5 heteroatoms. The van der Waals surface area contributed by atoms with Crippen molar-refractivity contribution in [3.63, 3.8) is 0 Å². The van der Waals surface area contributed by atoms with Crippen LogP contribution in [0.25, 0.3) is 10.8 Å². The number of benzene rings is 2. The molecule has 1 saturated heterocycles. The Morgan fingerprint density at radius 1 is 1.05 bits per heavy atom. The monoisotopic (exact) mass is 304 g/mol. The van der Waals surface area contributed by atoms with Crippen LogP contribution in [-0.2, 0) is 10.0 Å². The molecule has 1 aliphatic rings. The predicted molar refractivity (Wildman–Crippen MR) is 84.5 cm³/mol. The van der Waals surface area contributed by atoms with E-state index in [4.69, 9.17) is 5.73 Å². The fourth-order valence-electron chi connectivity index (χ4n) is 2.86. The smallest absolute Gasteiger partial charge is 0.243 e. The molecule has 2 aromatic rings. The Hall–Kier alpha value is -1.43. The van der Waals surface area contributed by atoms with Gasteiger partial charge in [-0.25, -0.2) is 8.42 Å². The first-order chi connectivity index (χ1) is 10.1. The van der Waals surface area contributed by atoms with Gasteiger partial charge in [-0.1, -0.05) is 30.3 Å². The zero-order valence-corrected chi connectivity index (χ0v) is 12.7. The van der Waals surface area contributed by atoms with Crippen LogP contribution in [0.4, 0.5) is 0 Å². The van der Waals surface area contributed by atoms with Crippen LogP contribution >= 0.6 is 0 Å². The van der Waals surface area contributed by atoms with Crippen molar-refractivity contribution in [1.29, 1.82) is 0 Å². The van der Waals surface area contributed by atoms with Crippen molar-refractivity contribution in [3.05, 3.63) is 42.5 Å². The molecule has 1 heterocycles. The lowest BCUT2D eigenvalue weighted by Gasteiger charge is -2.30. The molecule has 0 aromatic heterocycles. The van der Waals surface area contributed by atoms with Crippen LogP contribution in [0.1, 0.15) is 12.8 Å². The van der Waals surface area contributed by atoms with E-state index in [1.165, 1.54) is 0 Å². The lowest BCUT2D eigenvalue weighted by Crippen LogP contribution is -2.39. The Kier molecular flexibility index (Phi) is 3.97. The standard InChI is InChI=1S/C16H20N2O2S/c17-12-13-7-9-18(10-8-13)21(19,20)16-6-5-14-3-1-2-4-15(14)11-16/h1-6,11,13H,7-10,12,17H2. The zero-order valence-electron chi connectivity index (χ0n) is 11.9. The van der Waals surface area contributed by atoms with Crippen LogP contribution < -0.4 is 5.73 Å². The third kappa shape index (κ3) is 2.81. The van der Waals surface area contributed by atoms with E-state index in [0.29, 0.717) is 30.4 Å². The highest BCUT2D eigenvalue weighted by Gasteiger charge is 2.28. The maximum Gasteiger partial charge on any atom is 0.243 e. The average Bonchev–Trinajstić information content (AvgIpc) is 2.54. The van der Waals surface area contributed by atoms with E-state index >= 15 is 0 Å². The van der Waals surface area contributed by atoms with Crippen LogP contribution in [0.5, 0.6) is 0 Å². The summed E-state index contributed by atoms with van der Waals surface area (Å²) in [6.45, 7) is 1.78. The fraction of sp³-hybridized carbons (Fsp3) is 0.375. The molecule has 0 bridgehead atoms. The molecular weight excluding hydrogens is 284 g/mol. The highest BCUT2D eigenvalue weighted by Crippen LogP contribution is 2.25. The molecule has 112 valence electrons. The van der Waals surface area contributed by atoms with Crippen molar-refractivity contribution >= 4 is 20.8 Å². The Balaban J connectivity index is 1.89. The van der Waals surface area contributed by atoms with Gasteiger partial charge in [0.15, 0.2) is 0 Å². The molecule has 0 saturated carbocycles. The molecule has 2 aromatic carbocycles. The van der Waals surface area contributed by atoms with Crippen LogP contribution in [0, 0.1) is 5.92 Å². The first-order valence-electron chi connectivity index (χ1n) is 7.30. The first-order valence-corrected chi connectivity index (χ1v) is 8.74. The first kappa shape index (κ1) is 14.5. The number of nitrogens with zero attached hydrogens (tertiary/aromatic N) is 1. The lowest BCUT2D eigenvalue weighted by molar-refractivity contribution is 0.278. The summed E-state index contributed by atoms with van der Waals surface area (Å²) in [4.78, 5) is 0.382. The molecule has 1 fully saturated rings. The van der Waals surface area contributed by atoms with Crippen molar-refractivity contribution in [2.45, 2.75) is 17.7 Å². The Labute approximate surface area is 125 Å². The molecule has 4 nitrogen and oxygen atoms in total. The minimum absolute atomic E-state index is 0.382. The normalized spacial score (nSPS) is 18.1. The summed E-state index contributed by atoms with van der Waals surface area (Å²) in [5.41, 5.74) is 5.66. The summed E-state index contributed by atoms with van der Waals surface area (Å²) < 4.78 is 27.0. The minimum Gasteiger partial charge on any atom is -0.330 e. The zero-order chi connectivity index (χ0) is 14.9. The van der Waals surface area contributed by atoms with Gasteiger partial charge >= 0.3 is 0 Å². The largest absolute Gasteiger partial charge is 0.330 e. The molecule has 2 N–H and O–H groups in total. The highest BCUT2D eigenvalue weighted by molar-refractivity contribution is 7.89. The summed E-state index contributed by atoms with van der Waals surface area (Å²) in [6.07, 6.45) is 1.70. The lowest BCUT2D eigenvalue weighted by atomic mass is 9.99. The third-order valence-corrected chi connectivity index (χ3v) is 6.16. The van der Waals surface area contributed by atoms with Crippen molar-refractivity contribution in [2.24, 2.45) is 11.7 Å². The van der Waals surface area contributed by atoms with Crippen LogP contribution in [0.3, 0.4) is 0 Å². The van der Waals surface area contributed by atoms with Gasteiger partial charge in [-0.15, -0.1) is 0 Å². The van der Waals surface area contributed by atoms with Gasteiger partial charge in [0.25, 0.3) is 0 Å². The summed E-state index contributed by atoms with van der Waals surface area (Å²) >= 11 is 0. The van der Waals surface area contributed by atoms with Crippen molar-refractivity contribution in [2.75, 3.05) is 19.6 Å². The maximum absolute atomic E-state index is 12.7.